The van der Waals surface area contributed by atoms with Crippen LogP contribution in [-0.2, 0) is 4.74 Å². The summed E-state index contributed by atoms with van der Waals surface area (Å²) < 4.78 is 10.3. The van der Waals surface area contributed by atoms with Gasteiger partial charge >= 0.3 is 0 Å². The lowest BCUT2D eigenvalue weighted by Gasteiger charge is -2.12. The third-order valence-electron chi connectivity index (χ3n) is 2.38. The Hall–Kier alpha value is -1.95. The highest BCUT2D eigenvalue weighted by molar-refractivity contribution is 6.34. The van der Waals surface area contributed by atoms with E-state index in [1.54, 1.807) is 6.07 Å². The van der Waals surface area contributed by atoms with Crippen molar-refractivity contribution in [1.29, 1.82) is 0 Å². The summed E-state index contributed by atoms with van der Waals surface area (Å²) in [6, 6.07) is 3.42. The molecule has 0 aromatic heterocycles. The maximum absolute atomic E-state index is 11.2. The first-order valence-electron chi connectivity index (χ1n) is 5.23. The molecule has 1 aliphatic rings. The summed E-state index contributed by atoms with van der Waals surface area (Å²) in [5, 5.41) is 3.25. The Labute approximate surface area is 109 Å². The summed E-state index contributed by atoms with van der Waals surface area (Å²) in [4.78, 5) is 15.3. The molecule has 18 heavy (non-hydrogen) atoms. The number of halogens is 1. The molecule has 2 rings (SSSR count). The SMILES string of the molecule is COc1cc(NC2=NCCO2)c(Cl)cc1C(N)=O. The van der Waals surface area contributed by atoms with Gasteiger partial charge in [0.1, 0.15) is 12.4 Å². The molecule has 3 N–H and O–H groups in total. The highest BCUT2D eigenvalue weighted by Gasteiger charge is 2.15. The van der Waals surface area contributed by atoms with Crippen LogP contribution in [-0.4, -0.2) is 32.2 Å². The summed E-state index contributed by atoms with van der Waals surface area (Å²) in [5.74, 6) is -0.261. The molecule has 1 amide bonds. The van der Waals surface area contributed by atoms with E-state index in [4.69, 9.17) is 26.8 Å². The Kier molecular flexibility index (Phi) is 3.57. The van der Waals surface area contributed by atoms with Gasteiger partial charge in [-0.2, -0.15) is 0 Å². The van der Waals surface area contributed by atoms with Crippen molar-refractivity contribution in [2.24, 2.45) is 10.7 Å². The number of rotatable bonds is 3. The van der Waals surface area contributed by atoms with Crippen molar-refractivity contribution in [2.45, 2.75) is 0 Å². The first-order chi connectivity index (χ1) is 8.61. The largest absolute Gasteiger partial charge is 0.496 e. The van der Waals surface area contributed by atoms with Gasteiger partial charge < -0.3 is 20.5 Å². The van der Waals surface area contributed by atoms with Gasteiger partial charge in [-0.1, -0.05) is 11.6 Å². The topological polar surface area (TPSA) is 85.9 Å². The number of hydrogen-bond donors (Lipinski definition) is 2. The van der Waals surface area contributed by atoms with Gasteiger partial charge in [0, 0.05) is 6.07 Å². The van der Waals surface area contributed by atoms with Crippen LogP contribution in [0.2, 0.25) is 5.02 Å². The Balaban J connectivity index is 2.33. The predicted octanol–water partition coefficient (Wildman–Crippen LogP) is 1.25. The van der Waals surface area contributed by atoms with Crippen molar-refractivity contribution in [3.8, 4) is 5.75 Å². The summed E-state index contributed by atoms with van der Waals surface area (Å²) in [5.41, 5.74) is 5.99. The van der Waals surface area contributed by atoms with Gasteiger partial charge in [-0.3, -0.25) is 4.79 Å². The van der Waals surface area contributed by atoms with Crippen LogP contribution in [0.4, 0.5) is 5.69 Å². The third kappa shape index (κ3) is 2.48. The minimum absolute atomic E-state index is 0.224. The summed E-state index contributed by atoms with van der Waals surface area (Å²) in [6.45, 7) is 1.15. The van der Waals surface area contributed by atoms with Crippen LogP contribution in [0.1, 0.15) is 10.4 Å². The number of aliphatic imine (C=N–C) groups is 1. The molecule has 0 spiro atoms. The third-order valence-corrected chi connectivity index (χ3v) is 2.69. The molecular formula is C11H12ClN3O3. The molecule has 0 saturated carbocycles. The Morgan fingerprint density at radius 3 is 2.94 bits per heavy atom. The second-order valence-corrected chi connectivity index (χ2v) is 3.96. The molecule has 7 heteroatoms. The number of anilines is 1. The van der Waals surface area contributed by atoms with Crippen molar-refractivity contribution in [3.05, 3.63) is 22.7 Å². The lowest BCUT2D eigenvalue weighted by molar-refractivity contribution is 0.0997. The van der Waals surface area contributed by atoms with E-state index in [0.29, 0.717) is 35.6 Å². The zero-order chi connectivity index (χ0) is 13.1. The maximum atomic E-state index is 11.2. The molecule has 0 fully saturated rings. The minimum atomic E-state index is -0.602. The zero-order valence-corrected chi connectivity index (χ0v) is 10.5. The normalized spacial score (nSPS) is 13.8. The molecule has 1 heterocycles. The van der Waals surface area contributed by atoms with Gasteiger partial charge in [0.05, 0.1) is 29.9 Å². The second kappa shape index (κ2) is 5.14. The molecular weight excluding hydrogens is 258 g/mol. The highest BCUT2D eigenvalue weighted by Crippen LogP contribution is 2.31. The molecule has 1 aromatic carbocycles. The summed E-state index contributed by atoms with van der Waals surface area (Å²) in [7, 11) is 1.45. The molecule has 0 unspecified atom stereocenters. The Morgan fingerprint density at radius 2 is 2.39 bits per heavy atom. The van der Waals surface area contributed by atoms with Gasteiger partial charge in [-0.15, -0.1) is 0 Å². The Morgan fingerprint density at radius 1 is 1.61 bits per heavy atom. The van der Waals surface area contributed by atoms with Gasteiger partial charge in [-0.05, 0) is 6.07 Å². The standard InChI is InChI=1S/C11H12ClN3O3/c1-17-9-5-8(15-11-14-2-3-18-11)7(12)4-6(9)10(13)16/h4-5H,2-3H2,1H3,(H2,13,16)(H,14,15). The number of nitrogens with zero attached hydrogens (tertiary/aromatic N) is 1. The van der Waals surface area contributed by atoms with Crippen LogP contribution in [0.25, 0.3) is 0 Å². The van der Waals surface area contributed by atoms with Crippen LogP contribution in [0, 0.1) is 0 Å². The van der Waals surface area contributed by atoms with Gasteiger partial charge in [0.2, 0.25) is 0 Å². The van der Waals surface area contributed by atoms with Gasteiger partial charge in [-0.25, -0.2) is 4.99 Å². The number of amidine groups is 1. The Bertz CT molecular complexity index is 517. The fourth-order valence-corrected chi connectivity index (χ4v) is 1.75. The van der Waals surface area contributed by atoms with Crippen LogP contribution >= 0.6 is 11.6 Å². The number of amides is 1. The fourth-order valence-electron chi connectivity index (χ4n) is 1.54. The summed E-state index contributed by atoms with van der Waals surface area (Å²) >= 11 is 6.04. The van der Waals surface area contributed by atoms with Crippen molar-refractivity contribution < 1.29 is 14.3 Å². The number of benzene rings is 1. The molecule has 6 nitrogen and oxygen atoms in total. The first kappa shape index (κ1) is 12.5. The van der Waals surface area contributed by atoms with Crippen LogP contribution < -0.4 is 15.8 Å². The second-order valence-electron chi connectivity index (χ2n) is 3.56. The number of primary amides is 1. The average molecular weight is 270 g/mol. The van der Waals surface area contributed by atoms with Crippen molar-refractivity contribution in [1.82, 2.24) is 0 Å². The van der Waals surface area contributed by atoms with E-state index in [0.717, 1.165) is 0 Å². The van der Waals surface area contributed by atoms with E-state index in [1.807, 2.05) is 0 Å². The molecule has 0 bridgehead atoms. The van der Waals surface area contributed by atoms with Crippen molar-refractivity contribution in [2.75, 3.05) is 25.6 Å². The number of ether oxygens (including phenoxy) is 2. The van der Waals surface area contributed by atoms with Gasteiger partial charge in [0.25, 0.3) is 11.9 Å². The van der Waals surface area contributed by atoms with E-state index >= 15 is 0 Å². The number of carbonyl (C=O) groups excluding carboxylic acids is 1. The zero-order valence-electron chi connectivity index (χ0n) is 9.70. The van der Waals surface area contributed by atoms with E-state index in [1.165, 1.54) is 13.2 Å². The van der Waals surface area contributed by atoms with Crippen molar-refractivity contribution >= 4 is 29.2 Å². The number of hydrogen-bond acceptors (Lipinski definition) is 5. The highest BCUT2D eigenvalue weighted by atomic mass is 35.5. The summed E-state index contributed by atoms with van der Waals surface area (Å²) in [6.07, 6.45) is 0. The van der Waals surface area contributed by atoms with E-state index in [2.05, 4.69) is 10.3 Å². The molecule has 1 aliphatic heterocycles. The molecule has 0 atom stereocenters. The van der Waals surface area contributed by atoms with Gasteiger partial charge in [0.15, 0.2) is 0 Å². The number of methoxy groups -OCH3 is 1. The lowest BCUT2D eigenvalue weighted by atomic mass is 10.1. The minimum Gasteiger partial charge on any atom is -0.496 e. The maximum Gasteiger partial charge on any atom is 0.289 e. The fraction of sp³-hybridized carbons (Fsp3) is 0.273. The van der Waals surface area contributed by atoms with E-state index in [9.17, 15) is 4.79 Å². The van der Waals surface area contributed by atoms with Crippen molar-refractivity contribution in [3.63, 3.8) is 0 Å². The van der Waals surface area contributed by atoms with E-state index < -0.39 is 5.91 Å². The first-order valence-corrected chi connectivity index (χ1v) is 5.61. The molecule has 0 saturated heterocycles. The molecule has 0 radical (unpaired) electrons. The smallest absolute Gasteiger partial charge is 0.289 e. The van der Waals surface area contributed by atoms with Crippen LogP contribution in [0.5, 0.6) is 5.75 Å². The molecule has 0 aliphatic carbocycles. The van der Waals surface area contributed by atoms with Crippen LogP contribution in [0.15, 0.2) is 17.1 Å². The quantitative estimate of drug-likeness (QED) is 0.865. The molecule has 96 valence electrons. The average Bonchev–Trinajstić information content (AvgIpc) is 2.83. The molecule has 1 aromatic rings. The number of carbonyl (C=O) groups is 1. The lowest BCUT2D eigenvalue weighted by Crippen LogP contribution is -2.15. The van der Waals surface area contributed by atoms with Crippen LogP contribution in [0.3, 0.4) is 0 Å². The van der Waals surface area contributed by atoms with E-state index in [-0.39, 0.29) is 5.56 Å². The predicted molar refractivity (Wildman–Crippen MR) is 68.4 cm³/mol. The monoisotopic (exact) mass is 269 g/mol. The number of nitrogens with two attached hydrogens (primary N) is 1. The number of nitrogens with one attached hydrogen (secondary N) is 1.